The largest absolute Gasteiger partial charge is 0.497 e. The molecule has 418 valence electrons. The van der Waals surface area contributed by atoms with Crippen molar-refractivity contribution in [2.75, 3.05) is 27.4 Å². The van der Waals surface area contributed by atoms with Gasteiger partial charge in [0.1, 0.15) is 48.4 Å². The lowest BCUT2D eigenvalue weighted by molar-refractivity contribution is -0.160. The highest BCUT2D eigenvalue weighted by Gasteiger charge is 2.36. The van der Waals surface area contributed by atoms with Crippen LogP contribution in [0.4, 0.5) is 0 Å². The summed E-state index contributed by atoms with van der Waals surface area (Å²) >= 11 is 0. The van der Waals surface area contributed by atoms with Crippen LogP contribution < -0.4 is 36.1 Å². The SMILES string of the molecule is COc1ccc2cc([C@H](C)C(=O)OCC(CNC(CC(=O)O)C(=O)NC(CC(=O)O)C(=O)NC(CC(=O)O)C(=O)NC(CC(=O)O)C(=O)NC(CC(=O)O)C(=O)O)OC(=O)[C@@H](C)c3ccc4cc(OC)ccc4c3)ccc2c1. The van der Waals surface area contributed by atoms with Crippen molar-refractivity contribution < 1.29 is 107 Å². The Kier molecular flexibility index (Phi) is 22.3. The second-order valence-corrected chi connectivity index (χ2v) is 17.6. The first-order valence-electron chi connectivity index (χ1n) is 23.6. The molecule has 27 heteroatoms. The third-order valence-corrected chi connectivity index (χ3v) is 11.9. The van der Waals surface area contributed by atoms with Crippen molar-refractivity contribution in [3.05, 3.63) is 83.9 Å². The van der Waals surface area contributed by atoms with Gasteiger partial charge in [-0.2, -0.15) is 0 Å². The van der Waals surface area contributed by atoms with Gasteiger partial charge in [0.05, 0.1) is 64.2 Å². The van der Waals surface area contributed by atoms with Crippen LogP contribution in [0.25, 0.3) is 21.5 Å². The molecule has 0 aliphatic carbocycles. The summed E-state index contributed by atoms with van der Waals surface area (Å²) in [4.78, 5) is 151. The van der Waals surface area contributed by atoms with Gasteiger partial charge in [-0.3, -0.25) is 52.7 Å². The molecule has 4 rings (SSSR count). The number of amides is 4. The Morgan fingerprint density at radius 2 is 0.769 bits per heavy atom. The minimum Gasteiger partial charge on any atom is -0.497 e. The van der Waals surface area contributed by atoms with Gasteiger partial charge in [0.15, 0.2) is 0 Å². The lowest BCUT2D eigenvalue weighted by atomic mass is 9.97. The molecule has 0 radical (unpaired) electrons. The summed E-state index contributed by atoms with van der Waals surface area (Å²) in [7, 11) is 3.02. The van der Waals surface area contributed by atoms with E-state index in [4.69, 9.17) is 24.1 Å². The number of fused-ring (bicyclic) bond motifs is 2. The number of rotatable bonds is 31. The van der Waals surface area contributed by atoms with E-state index < -0.39 is 165 Å². The molecular formula is C51H57N5O22. The lowest BCUT2D eigenvalue weighted by Gasteiger charge is -2.26. The molecule has 0 fully saturated rings. The van der Waals surface area contributed by atoms with Gasteiger partial charge in [0.2, 0.25) is 23.6 Å². The topological polar surface area (TPSA) is 423 Å². The fourth-order valence-electron chi connectivity index (χ4n) is 7.57. The van der Waals surface area contributed by atoms with Gasteiger partial charge in [0, 0.05) is 6.54 Å². The van der Waals surface area contributed by atoms with Crippen LogP contribution in [0.1, 0.15) is 68.9 Å². The number of carbonyl (C=O) groups excluding carboxylic acids is 6. The standard InChI is InChI=1S/C51H57N5O22/c1-24(26-5-7-30-15-32(75-3)11-9-28(30)13-26)50(73)77-23-34(78-51(74)25(2)27-6-8-31-16-33(76-4)12-10-29(31)14-27)22-52-35(17-40(57)58)45(67)53-36(18-41(59)60)46(68)54-37(19-42(61)62)47(69)55-38(20-43(63)64)48(70)56-39(49(71)72)21-44(65)66/h5-16,24-25,34-39,52H,17-23H2,1-4H3,(H,53,67)(H,54,68)(H,55,69)(H,56,70)(H,57,58)(H,59,60)(H,61,62)(H,63,64)(H,65,66)(H,71,72)/t24-,25-,34?,35?,36?,37?,38?,39?/m0/s1. The molecule has 6 unspecified atom stereocenters. The summed E-state index contributed by atoms with van der Waals surface area (Å²) < 4.78 is 22.0. The maximum atomic E-state index is 13.8. The highest BCUT2D eigenvalue weighted by Crippen LogP contribution is 2.28. The number of hydrogen-bond donors (Lipinski definition) is 11. The van der Waals surface area contributed by atoms with Crippen molar-refractivity contribution in [1.82, 2.24) is 26.6 Å². The van der Waals surface area contributed by atoms with E-state index in [1.54, 1.807) is 85.0 Å². The molecule has 78 heavy (non-hydrogen) atoms. The van der Waals surface area contributed by atoms with Crippen molar-refractivity contribution >= 4 is 92.9 Å². The second kappa shape index (κ2) is 28.5. The molecule has 8 atom stereocenters. The first-order valence-corrected chi connectivity index (χ1v) is 23.6. The van der Waals surface area contributed by atoms with Crippen LogP contribution in [0.15, 0.2) is 72.8 Å². The molecular weight excluding hydrogens is 1030 g/mol. The van der Waals surface area contributed by atoms with E-state index in [-0.39, 0.29) is 0 Å². The van der Waals surface area contributed by atoms with E-state index in [0.717, 1.165) is 21.5 Å². The lowest BCUT2D eigenvalue weighted by Crippen LogP contribution is -2.59. The Morgan fingerprint density at radius 3 is 1.15 bits per heavy atom. The molecule has 0 aliphatic rings. The van der Waals surface area contributed by atoms with Crippen LogP contribution in [-0.4, -0.2) is 166 Å². The number of carbonyl (C=O) groups is 12. The number of esters is 2. The quantitative estimate of drug-likeness (QED) is 0.0309. The third-order valence-electron chi connectivity index (χ3n) is 11.9. The molecule has 0 bridgehead atoms. The van der Waals surface area contributed by atoms with Gasteiger partial charge in [0.25, 0.3) is 0 Å². The zero-order chi connectivity index (χ0) is 58.0. The minimum absolute atomic E-state index is 0.505. The second-order valence-electron chi connectivity index (χ2n) is 17.6. The predicted molar refractivity (Wildman–Crippen MR) is 267 cm³/mol. The van der Waals surface area contributed by atoms with E-state index in [2.05, 4.69) is 5.32 Å². The Balaban J connectivity index is 1.57. The first-order chi connectivity index (χ1) is 36.8. The molecule has 0 heterocycles. The van der Waals surface area contributed by atoms with Gasteiger partial charge in [-0.25, -0.2) is 4.79 Å². The third kappa shape index (κ3) is 18.5. The summed E-state index contributed by atoms with van der Waals surface area (Å²) in [6.07, 6.45) is -7.64. The van der Waals surface area contributed by atoms with Gasteiger partial charge in [-0.1, -0.05) is 48.5 Å². The molecule has 0 aliphatic heterocycles. The van der Waals surface area contributed by atoms with Gasteiger partial charge >= 0.3 is 47.8 Å². The maximum absolute atomic E-state index is 13.8. The van der Waals surface area contributed by atoms with Crippen LogP contribution in [0.3, 0.4) is 0 Å². The van der Waals surface area contributed by atoms with Crippen LogP contribution in [0, 0.1) is 0 Å². The van der Waals surface area contributed by atoms with E-state index in [0.29, 0.717) is 22.6 Å². The summed E-state index contributed by atoms with van der Waals surface area (Å²) in [5.41, 5.74) is 1.06. The Hall–Kier alpha value is -9.40. The smallest absolute Gasteiger partial charge is 0.326 e. The summed E-state index contributed by atoms with van der Waals surface area (Å²) in [5, 5.41) is 70.0. The monoisotopic (exact) mass is 1090 g/mol. The predicted octanol–water partition coefficient (Wildman–Crippen LogP) is 0.728. The number of nitrogens with one attached hydrogen (secondary N) is 5. The van der Waals surface area contributed by atoms with E-state index in [9.17, 15) is 83.1 Å². The van der Waals surface area contributed by atoms with Crippen molar-refractivity contribution in [3.63, 3.8) is 0 Å². The Bertz CT molecular complexity index is 2950. The fraction of sp³-hybridized carbons (Fsp3) is 0.373. The molecule has 0 saturated heterocycles. The van der Waals surface area contributed by atoms with E-state index in [1.165, 1.54) is 21.1 Å². The molecule has 11 N–H and O–H groups in total. The molecule has 0 aromatic heterocycles. The molecule has 27 nitrogen and oxygen atoms in total. The highest BCUT2D eigenvalue weighted by molar-refractivity contribution is 5.99. The first kappa shape index (κ1) is 61.1. The van der Waals surface area contributed by atoms with Crippen molar-refractivity contribution in [1.29, 1.82) is 0 Å². The number of methoxy groups -OCH3 is 2. The van der Waals surface area contributed by atoms with Crippen LogP contribution in [-0.2, 0) is 67.0 Å². The zero-order valence-electron chi connectivity index (χ0n) is 42.2. The molecule has 4 amide bonds. The maximum Gasteiger partial charge on any atom is 0.326 e. The summed E-state index contributed by atoms with van der Waals surface area (Å²) in [5.74, 6) is -18.9. The van der Waals surface area contributed by atoms with E-state index >= 15 is 0 Å². The van der Waals surface area contributed by atoms with Gasteiger partial charge < -0.3 is 76.2 Å². The molecule has 0 spiro atoms. The van der Waals surface area contributed by atoms with Crippen molar-refractivity contribution in [2.45, 2.75) is 94.1 Å². The van der Waals surface area contributed by atoms with Gasteiger partial charge in [-0.15, -0.1) is 0 Å². The number of aliphatic carboxylic acids is 6. The molecule has 4 aromatic rings. The zero-order valence-corrected chi connectivity index (χ0v) is 42.2. The molecule has 0 saturated carbocycles. The van der Waals surface area contributed by atoms with Crippen molar-refractivity contribution in [2.24, 2.45) is 0 Å². The fourth-order valence-corrected chi connectivity index (χ4v) is 7.57. The number of benzene rings is 4. The summed E-state index contributed by atoms with van der Waals surface area (Å²) in [6.45, 7) is 1.82. The normalized spacial score (nSPS) is 14.1. The average Bonchev–Trinajstić information content (AvgIpc) is 3.38. The Labute approximate surface area is 442 Å². The van der Waals surface area contributed by atoms with Gasteiger partial charge in [-0.05, 0) is 70.8 Å². The number of carboxylic acids is 6. The highest BCUT2D eigenvalue weighted by atomic mass is 16.6. The Morgan fingerprint density at radius 1 is 0.436 bits per heavy atom. The summed E-state index contributed by atoms with van der Waals surface area (Å²) in [6, 6.07) is 10.3. The molecule has 4 aromatic carbocycles. The average molecular weight is 1090 g/mol. The van der Waals surface area contributed by atoms with Crippen LogP contribution in [0.5, 0.6) is 11.5 Å². The van der Waals surface area contributed by atoms with Crippen LogP contribution >= 0.6 is 0 Å². The number of ether oxygens (including phenoxy) is 4. The van der Waals surface area contributed by atoms with Crippen LogP contribution in [0.2, 0.25) is 0 Å². The van der Waals surface area contributed by atoms with Crippen molar-refractivity contribution in [3.8, 4) is 11.5 Å². The number of hydrogen-bond acceptors (Lipinski definition) is 17. The number of carboxylic acid groups (broad SMARTS) is 6. The minimum atomic E-state index is -2.28. The van der Waals surface area contributed by atoms with E-state index in [1.807, 2.05) is 16.0 Å².